The topological polar surface area (TPSA) is 70.8 Å². The smallest absolute Gasteiger partial charge is 0.300 e. The third kappa shape index (κ3) is 3.08. The Labute approximate surface area is 162 Å². The number of Topliss-reactive ketones (excluding diaryl/α,β-unsaturated/α-hetero) is 1. The molecule has 0 radical (unpaired) electrons. The van der Waals surface area contributed by atoms with Crippen molar-refractivity contribution in [1.82, 2.24) is 0 Å². The summed E-state index contributed by atoms with van der Waals surface area (Å²) in [6.45, 7) is 0. The summed E-state index contributed by atoms with van der Waals surface area (Å²) in [5.74, 6) is -5.18. The third-order valence-electron chi connectivity index (χ3n) is 4.54. The molecule has 1 fully saturated rings. The largest absolute Gasteiger partial charge is 0.507 e. The molecule has 1 atom stereocenters. The Kier molecular flexibility index (Phi) is 4.46. The average molecular weight is 399 g/mol. The van der Waals surface area contributed by atoms with Crippen LogP contribution in [-0.4, -0.2) is 16.8 Å². The molecule has 5 nitrogen and oxygen atoms in total. The summed E-state index contributed by atoms with van der Waals surface area (Å²) in [5.41, 5.74) is -0.631. The van der Waals surface area contributed by atoms with E-state index in [-0.39, 0.29) is 22.6 Å². The van der Waals surface area contributed by atoms with Gasteiger partial charge < -0.3 is 9.52 Å². The minimum atomic E-state index is -1.30. The van der Waals surface area contributed by atoms with Crippen molar-refractivity contribution in [3.63, 3.8) is 0 Å². The highest BCUT2D eigenvalue weighted by Crippen LogP contribution is 2.43. The molecule has 1 amide bonds. The van der Waals surface area contributed by atoms with Crippen LogP contribution in [0.4, 0.5) is 18.9 Å². The van der Waals surface area contributed by atoms with Gasteiger partial charge in [-0.3, -0.25) is 14.5 Å². The van der Waals surface area contributed by atoms with Gasteiger partial charge >= 0.3 is 0 Å². The van der Waals surface area contributed by atoms with Crippen molar-refractivity contribution in [2.75, 3.05) is 4.90 Å². The zero-order valence-electron chi connectivity index (χ0n) is 14.6. The molecule has 1 aliphatic heterocycles. The highest BCUT2D eigenvalue weighted by Gasteiger charge is 2.49. The Hall–Kier alpha value is -3.81. The number of anilines is 1. The van der Waals surface area contributed by atoms with E-state index in [2.05, 4.69) is 0 Å². The summed E-state index contributed by atoms with van der Waals surface area (Å²) in [6.07, 6.45) is 1.29. The molecule has 29 heavy (non-hydrogen) atoms. The predicted molar refractivity (Wildman–Crippen MR) is 96.2 cm³/mol. The Morgan fingerprint density at radius 2 is 1.66 bits per heavy atom. The van der Waals surface area contributed by atoms with E-state index in [4.69, 9.17) is 4.42 Å². The van der Waals surface area contributed by atoms with E-state index in [0.29, 0.717) is 6.07 Å². The first-order valence-electron chi connectivity index (χ1n) is 8.44. The molecule has 146 valence electrons. The van der Waals surface area contributed by atoms with Crippen LogP contribution < -0.4 is 4.90 Å². The lowest BCUT2D eigenvalue weighted by Crippen LogP contribution is -2.30. The second kappa shape index (κ2) is 6.97. The first-order valence-corrected chi connectivity index (χ1v) is 8.44. The van der Waals surface area contributed by atoms with Gasteiger partial charge in [0.15, 0.2) is 0 Å². The molecular formula is C21H12F3NO4. The van der Waals surface area contributed by atoms with Gasteiger partial charge in [0.1, 0.15) is 35.0 Å². The van der Waals surface area contributed by atoms with Crippen LogP contribution in [0, 0.1) is 17.5 Å². The SMILES string of the molecule is O=C1C(=O)N(c2ccc(F)cc2F)C(c2ccco2)/C1=C(/O)c1ccc(F)cc1. The van der Waals surface area contributed by atoms with Gasteiger partial charge in [-0.05, 0) is 48.5 Å². The van der Waals surface area contributed by atoms with Gasteiger partial charge in [0.05, 0.1) is 17.5 Å². The van der Waals surface area contributed by atoms with E-state index >= 15 is 0 Å². The summed E-state index contributed by atoms with van der Waals surface area (Å²) in [4.78, 5) is 26.2. The summed E-state index contributed by atoms with van der Waals surface area (Å²) < 4.78 is 46.3. The van der Waals surface area contributed by atoms with Crippen molar-refractivity contribution in [2.45, 2.75) is 6.04 Å². The zero-order chi connectivity index (χ0) is 20.7. The highest BCUT2D eigenvalue weighted by molar-refractivity contribution is 6.51. The Morgan fingerprint density at radius 1 is 0.966 bits per heavy atom. The normalized spacial score (nSPS) is 18.4. The summed E-state index contributed by atoms with van der Waals surface area (Å²) in [5, 5.41) is 10.7. The quantitative estimate of drug-likeness (QED) is 0.405. The fourth-order valence-electron chi connectivity index (χ4n) is 3.24. The van der Waals surface area contributed by atoms with E-state index < -0.39 is 40.9 Å². The van der Waals surface area contributed by atoms with Crippen LogP contribution in [0.3, 0.4) is 0 Å². The van der Waals surface area contributed by atoms with Gasteiger partial charge in [-0.25, -0.2) is 13.2 Å². The predicted octanol–water partition coefficient (Wildman–Crippen LogP) is 4.32. The number of nitrogens with zero attached hydrogens (tertiary/aromatic N) is 1. The second-order valence-electron chi connectivity index (χ2n) is 6.29. The maximum absolute atomic E-state index is 14.4. The average Bonchev–Trinajstić information content (AvgIpc) is 3.30. The van der Waals surface area contributed by atoms with Gasteiger partial charge in [-0.1, -0.05) is 0 Å². The minimum Gasteiger partial charge on any atom is -0.507 e. The monoisotopic (exact) mass is 399 g/mol. The molecule has 1 N–H and O–H groups in total. The number of ketones is 1. The van der Waals surface area contributed by atoms with Crippen molar-refractivity contribution in [2.24, 2.45) is 0 Å². The number of halogens is 3. The van der Waals surface area contributed by atoms with Gasteiger partial charge in [0, 0.05) is 11.6 Å². The molecule has 1 aromatic heterocycles. The van der Waals surface area contributed by atoms with E-state index in [1.165, 1.54) is 30.5 Å². The van der Waals surface area contributed by atoms with Gasteiger partial charge in [-0.2, -0.15) is 0 Å². The molecular weight excluding hydrogens is 387 g/mol. The molecule has 0 spiro atoms. The zero-order valence-corrected chi connectivity index (χ0v) is 14.6. The molecule has 1 saturated heterocycles. The highest BCUT2D eigenvalue weighted by atomic mass is 19.1. The number of hydrogen-bond donors (Lipinski definition) is 1. The molecule has 0 saturated carbocycles. The lowest BCUT2D eigenvalue weighted by molar-refractivity contribution is -0.132. The fourth-order valence-corrected chi connectivity index (χ4v) is 3.24. The number of rotatable bonds is 3. The van der Waals surface area contributed by atoms with Crippen molar-refractivity contribution in [3.8, 4) is 0 Å². The Bertz CT molecular complexity index is 1140. The maximum Gasteiger partial charge on any atom is 0.300 e. The van der Waals surface area contributed by atoms with Crippen LogP contribution in [0.25, 0.3) is 5.76 Å². The Morgan fingerprint density at radius 3 is 2.28 bits per heavy atom. The second-order valence-corrected chi connectivity index (χ2v) is 6.29. The fraction of sp³-hybridized carbons (Fsp3) is 0.0476. The number of aliphatic hydroxyl groups excluding tert-OH is 1. The summed E-state index contributed by atoms with van der Waals surface area (Å²) in [7, 11) is 0. The van der Waals surface area contributed by atoms with Crippen LogP contribution >= 0.6 is 0 Å². The third-order valence-corrected chi connectivity index (χ3v) is 4.54. The minimum absolute atomic E-state index is 0.0802. The molecule has 4 rings (SSSR count). The number of hydrogen-bond acceptors (Lipinski definition) is 4. The first-order chi connectivity index (χ1) is 13.9. The Balaban J connectivity index is 1.94. The van der Waals surface area contributed by atoms with Gasteiger partial charge in [0.2, 0.25) is 0 Å². The molecule has 8 heteroatoms. The van der Waals surface area contributed by atoms with Crippen LogP contribution in [0.15, 0.2) is 70.9 Å². The van der Waals surface area contributed by atoms with Crippen LogP contribution in [0.2, 0.25) is 0 Å². The van der Waals surface area contributed by atoms with E-state index in [1.54, 1.807) is 0 Å². The van der Waals surface area contributed by atoms with Crippen LogP contribution in [-0.2, 0) is 9.59 Å². The molecule has 1 aliphatic rings. The molecule has 2 heterocycles. The lowest BCUT2D eigenvalue weighted by Gasteiger charge is -2.23. The van der Waals surface area contributed by atoms with E-state index in [9.17, 15) is 27.9 Å². The van der Waals surface area contributed by atoms with Gasteiger partial charge in [0.25, 0.3) is 11.7 Å². The molecule has 0 aliphatic carbocycles. The number of amides is 1. The molecule has 1 unspecified atom stereocenters. The van der Waals surface area contributed by atoms with Gasteiger partial charge in [-0.15, -0.1) is 0 Å². The summed E-state index contributed by atoms with van der Waals surface area (Å²) >= 11 is 0. The number of benzene rings is 2. The standard InChI is InChI=1S/C21H12F3NO4/c22-12-5-3-11(4-6-12)19(26)17-18(16-2-1-9-29-16)25(21(28)20(17)27)15-8-7-13(23)10-14(15)24/h1-10,18,26H/b19-17-. The van der Waals surface area contributed by atoms with Crippen LogP contribution in [0.1, 0.15) is 17.4 Å². The van der Waals surface area contributed by atoms with Crippen molar-refractivity contribution in [1.29, 1.82) is 0 Å². The first kappa shape index (κ1) is 18.5. The molecule has 2 aromatic carbocycles. The molecule has 3 aromatic rings. The van der Waals surface area contributed by atoms with Crippen molar-refractivity contribution in [3.05, 3.63) is 95.2 Å². The number of carbonyl (C=O) groups excluding carboxylic acids is 2. The van der Waals surface area contributed by atoms with Crippen molar-refractivity contribution < 1.29 is 32.3 Å². The van der Waals surface area contributed by atoms with Crippen molar-refractivity contribution >= 4 is 23.1 Å². The number of furan rings is 1. The lowest BCUT2D eigenvalue weighted by atomic mass is 9.99. The van der Waals surface area contributed by atoms with Crippen LogP contribution in [0.5, 0.6) is 0 Å². The summed E-state index contributed by atoms with van der Waals surface area (Å²) in [6, 6.07) is 8.80. The number of aliphatic hydroxyl groups is 1. The number of carbonyl (C=O) groups is 2. The van der Waals surface area contributed by atoms with E-state index in [1.807, 2.05) is 0 Å². The van der Waals surface area contributed by atoms with E-state index in [0.717, 1.165) is 29.2 Å². The molecule has 0 bridgehead atoms. The maximum atomic E-state index is 14.4.